The first-order chi connectivity index (χ1) is 10.5. The average molecular weight is 484 g/mol. The van der Waals surface area contributed by atoms with Crippen LogP contribution in [0.5, 0.6) is 0 Å². The van der Waals surface area contributed by atoms with Gasteiger partial charge in [0, 0.05) is 12.6 Å². The van der Waals surface area contributed by atoms with Crippen LogP contribution < -0.4 is 0 Å². The minimum Gasteiger partial charge on any atom is -0.696 e. The molecule has 0 saturated carbocycles. The second kappa shape index (κ2) is 43.0. The zero-order valence-corrected chi connectivity index (χ0v) is 17.2. The van der Waals surface area contributed by atoms with Crippen molar-refractivity contribution in [3.8, 4) is 21.6 Å². The molecule has 1 heterocycles. The van der Waals surface area contributed by atoms with Crippen LogP contribution in [-0.2, 0) is 90.5 Å². The maximum absolute atomic E-state index is 7.13. The summed E-state index contributed by atoms with van der Waals surface area (Å²) in [5, 5.41) is 33.9. The number of allylic oxidation sites excluding steroid dienone is 1. The summed E-state index contributed by atoms with van der Waals surface area (Å²) in [7, 11) is 0. The summed E-state index contributed by atoms with van der Waals surface area (Å²) < 4.78 is 0. The summed E-state index contributed by atoms with van der Waals surface area (Å²) >= 11 is 14.8. The average Bonchev–Trinajstić information content (AvgIpc) is 2.91. The molecule has 0 unspecified atom stereocenters. The molecule has 24 heavy (non-hydrogen) atoms. The van der Waals surface area contributed by atoms with Gasteiger partial charge in [0.05, 0.1) is 5.69 Å². The van der Waals surface area contributed by atoms with Crippen molar-refractivity contribution in [1.82, 2.24) is 9.97 Å². The Morgan fingerprint density at radius 1 is 0.958 bits per heavy atom. The molecule has 0 fully saturated rings. The zero-order chi connectivity index (χ0) is 18.2. The summed E-state index contributed by atoms with van der Waals surface area (Å²) in [5.74, 6) is 0.935. The van der Waals surface area contributed by atoms with Gasteiger partial charge in [0.2, 0.25) is 0 Å². The molecule has 1 aromatic heterocycles. The van der Waals surface area contributed by atoms with Crippen LogP contribution >= 0.6 is 0 Å². The second-order valence-electron chi connectivity index (χ2n) is 2.33. The first-order valence-corrected chi connectivity index (χ1v) is 6.49. The Labute approximate surface area is 185 Å². The third-order valence-electron chi connectivity index (χ3n) is 1.20. The standard InChI is InChI=1S/C8H10N2.4CHNS.2Co/c1-3-5-8-9-6-7(4-2)10-8;4*2-1-3;;/h3-4,6H,1-2,5H2,(H,9,10);4*3H;;/q;;;;;2*+2/p-4. The Bertz CT molecular complexity index is 504. The molecule has 0 spiro atoms. The van der Waals surface area contributed by atoms with Crippen molar-refractivity contribution in [2.75, 3.05) is 0 Å². The number of imidazole rings is 1. The Morgan fingerprint density at radius 2 is 1.29 bits per heavy atom. The van der Waals surface area contributed by atoms with E-state index in [1.807, 2.05) is 12.3 Å². The van der Waals surface area contributed by atoms with Crippen LogP contribution in [0.1, 0.15) is 11.5 Å². The number of hydrogen-bond acceptors (Lipinski definition) is 9. The summed E-state index contributed by atoms with van der Waals surface area (Å²) in [4.78, 5) is 7.18. The Kier molecular flexibility index (Phi) is 68.5. The maximum Gasteiger partial charge on any atom is 2.00 e. The number of rotatable bonds is 3. The minimum atomic E-state index is 0. The van der Waals surface area contributed by atoms with Crippen LogP contribution in [0.3, 0.4) is 0 Å². The van der Waals surface area contributed by atoms with Crippen molar-refractivity contribution in [2.45, 2.75) is 6.42 Å². The van der Waals surface area contributed by atoms with Gasteiger partial charge in [0.15, 0.2) is 0 Å². The van der Waals surface area contributed by atoms with E-state index in [4.69, 9.17) is 21.0 Å². The number of aromatic nitrogens is 2. The third kappa shape index (κ3) is 49.9. The summed E-state index contributed by atoms with van der Waals surface area (Å²) in [6.45, 7) is 7.20. The molecule has 0 aromatic carbocycles. The molecule has 130 valence electrons. The van der Waals surface area contributed by atoms with Gasteiger partial charge in [0.1, 0.15) is 5.82 Å². The van der Waals surface area contributed by atoms with Gasteiger partial charge in [-0.05, 0) is 6.08 Å². The molecule has 0 saturated heterocycles. The zero-order valence-electron chi connectivity index (χ0n) is 11.9. The third-order valence-corrected chi connectivity index (χ3v) is 1.20. The summed E-state index contributed by atoms with van der Waals surface area (Å²) in [6.07, 6.45) is 6.13. The molecule has 0 atom stereocenters. The molecular formula is C12H10Co2N6S4. The second-order valence-corrected chi connectivity index (χ2v) is 3.06. The van der Waals surface area contributed by atoms with Gasteiger partial charge >= 0.3 is 33.6 Å². The predicted octanol–water partition coefficient (Wildman–Crippen LogP) is 1.83. The van der Waals surface area contributed by atoms with Gasteiger partial charge in [0.25, 0.3) is 0 Å². The van der Waals surface area contributed by atoms with Gasteiger partial charge < -0.3 is 55.5 Å². The Morgan fingerprint density at radius 3 is 1.50 bits per heavy atom. The van der Waals surface area contributed by atoms with Crippen LogP contribution in [-0.4, -0.2) is 9.97 Å². The Balaban J connectivity index is -0.0000000493. The Hall–Kier alpha value is -1.46. The molecule has 12 heteroatoms. The van der Waals surface area contributed by atoms with E-state index >= 15 is 0 Å². The topological polar surface area (TPSA) is 124 Å². The minimum absolute atomic E-state index is 0. The maximum atomic E-state index is 7.13. The van der Waals surface area contributed by atoms with Gasteiger partial charge in [-0.2, -0.15) is 0 Å². The van der Waals surface area contributed by atoms with Crippen LogP contribution in [0.15, 0.2) is 25.4 Å². The fraction of sp³-hybridized carbons (Fsp3) is 0.0833. The number of thiocyanates is 4. The smallest absolute Gasteiger partial charge is 0.696 e. The van der Waals surface area contributed by atoms with E-state index in [1.165, 1.54) is 21.6 Å². The number of hydrogen-bond donors (Lipinski definition) is 1. The number of aromatic amines is 1. The quantitative estimate of drug-likeness (QED) is 0.389. The van der Waals surface area contributed by atoms with E-state index < -0.39 is 0 Å². The van der Waals surface area contributed by atoms with E-state index in [9.17, 15) is 0 Å². The van der Waals surface area contributed by atoms with E-state index in [0.717, 1.165) is 17.9 Å². The first-order valence-electron chi connectivity index (χ1n) is 4.85. The molecule has 1 rings (SSSR count). The van der Waals surface area contributed by atoms with Crippen molar-refractivity contribution < 1.29 is 33.6 Å². The number of nitrogens with zero attached hydrogens (tertiary/aromatic N) is 5. The molecule has 6 nitrogen and oxygen atoms in total. The SMILES string of the molecule is C=CCc1nc(C=C)c[nH]1.N#C[S-].N#C[S-].N#C[S-].N#C[S-].[Co+2].[Co+2]. The van der Waals surface area contributed by atoms with Crippen LogP contribution in [0.25, 0.3) is 6.08 Å². The number of nitriles is 4. The van der Waals surface area contributed by atoms with Crippen molar-refractivity contribution in [3.63, 3.8) is 0 Å². The molecule has 0 aliphatic rings. The largest absolute Gasteiger partial charge is 2.00 e. The van der Waals surface area contributed by atoms with Gasteiger partial charge in [-0.3, -0.25) is 0 Å². The molecule has 1 N–H and O–H groups in total. The fourth-order valence-electron chi connectivity index (χ4n) is 0.723. The van der Waals surface area contributed by atoms with Crippen molar-refractivity contribution in [3.05, 3.63) is 36.9 Å². The number of H-pyrrole nitrogens is 1. The van der Waals surface area contributed by atoms with E-state index in [0.29, 0.717) is 0 Å². The van der Waals surface area contributed by atoms with Gasteiger partial charge in [-0.1, -0.05) is 34.3 Å². The van der Waals surface area contributed by atoms with E-state index in [-0.39, 0.29) is 33.6 Å². The molecule has 0 aliphatic heterocycles. The molecule has 2 radical (unpaired) electrons. The first kappa shape index (κ1) is 38.2. The molecule has 0 bridgehead atoms. The fourth-order valence-corrected chi connectivity index (χ4v) is 0.723. The predicted molar refractivity (Wildman–Crippen MR) is 94.5 cm³/mol. The van der Waals surface area contributed by atoms with Crippen molar-refractivity contribution in [1.29, 1.82) is 21.0 Å². The van der Waals surface area contributed by atoms with E-state index in [2.05, 4.69) is 73.6 Å². The van der Waals surface area contributed by atoms with Crippen molar-refractivity contribution >= 4 is 56.6 Å². The van der Waals surface area contributed by atoms with Gasteiger partial charge in [-0.15, -0.1) is 6.58 Å². The molecule has 0 amide bonds. The molecule has 0 aliphatic carbocycles. The summed E-state index contributed by atoms with van der Waals surface area (Å²) in [6, 6.07) is 0. The van der Waals surface area contributed by atoms with Crippen molar-refractivity contribution in [2.24, 2.45) is 0 Å². The van der Waals surface area contributed by atoms with Crippen LogP contribution in [0.2, 0.25) is 0 Å². The normalized spacial score (nSPS) is 5.00. The summed E-state index contributed by atoms with van der Waals surface area (Å²) in [5.41, 5.74) is 0.886. The monoisotopic (exact) mass is 484 g/mol. The van der Waals surface area contributed by atoms with Gasteiger partial charge in [-0.25, -0.2) is 26.0 Å². The van der Waals surface area contributed by atoms with Crippen LogP contribution in [0, 0.1) is 42.7 Å². The van der Waals surface area contributed by atoms with Crippen LogP contribution in [0.4, 0.5) is 0 Å². The molecular weight excluding hydrogens is 474 g/mol. The number of nitrogens with one attached hydrogen (secondary N) is 1. The molecule has 1 aromatic rings. The van der Waals surface area contributed by atoms with E-state index in [1.54, 1.807) is 6.08 Å².